The van der Waals surface area contributed by atoms with E-state index < -0.39 is 26.7 Å². The summed E-state index contributed by atoms with van der Waals surface area (Å²) in [6.07, 6.45) is 4.86. The van der Waals surface area contributed by atoms with Gasteiger partial charge in [0.25, 0.3) is 17.9 Å². The molecule has 0 fully saturated rings. The van der Waals surface area contributed by atoms with Gasteiger partial charge in [-0.25, -0.2) is 0 Å². The minimum absolute atomic E-state index is 0.273. The first kappa shape index (κ1) is 18.6. The summed E-state index contributed by atoms with van der Waals surface area (Å²) in [7, 11) is -3.59. The second kappa shape index (κ2) is 9.52. The standard InChI is InChI=1S/C13H24O6Si/c1-5-6-7-8-9-10-20(17-11(2)14,18-12(3)15)19-13(4)16/h5-10H2,1-4H3. The van der Waals surface area contributed by atoms with Gasteiger partial charge in [0.15, 0.2) is 0 Å². The Morgan fingerprint density at radius 3 is 1.50 bits per heavy atom. The van der Waals surface area contributed by atoms with Crippen molar-refractivity contribution < 1.29 is 27.7 Å². The smallest absolute Gasteiger partial charge is 0.455 e. The first-order valence-corrected chi connectivity index (χ1v) is 8.83. The van der Waals surface area contributed by atoms with Gasteiger partial charge in [-0.15, -0.1) is 0 Å². The molecule has 0 heterocycles. The number of carbonyl (C=O) groups is 3. The molecule has 0 spiro atoms. The second-order valence-electron chi connectivity index (χ2n) is 4.63. The minimum atomic E-state index is -3.59. The largest absolute Gasteiger partial charge is 0.705 e. The molecule has 20 heavy (non-hydrogen) atoms. The van der Waals surface area contributed by atoms with E-state index in [0.717, 1.165) is 25.7 Å². The zero-order chi connectivity index (χ0) is 15.6. The molecule has 0 aromatic carbocycles. The van der Waals surface area contributed by atoms with Gasteiger partial charge >= 0.3 is 8.80 Å². The van der Waals surface area contributed by atoms with E-state index in [1.807, 2.05) is 0 Å². The molecular weight excluding hydrogens is 280 g/mol. The van der Waals surface area contributed by atoms with Crippen LogP contribution in [0.25, 0.3) is 0 Å². The molecule has 0 saturated heterocycles. The zero-order valence-electron chi connectivity index (χ0n) is 12.7. The van der Waals surface area contributed by atoms with Crippen LogP contribution in [-0.4, -0.2) is 26.7 Å². The van der Waals surface area contributed by atoms with Crippen LogP contribution in [0.1, 0.15) is 59.8 Å². The lowest BCUT2D eigenvalue weighted by Gasteiger charge is -2.26. The van der Waals surface area contributed by atoms with Gasteiger partial charge < -0.3 is 13.3 Å². The first-order chi connectivity index (χ1) is 9.31. The second-order valence-corrected chi connectivity index (χ2v) is 7.11. The molecule has 0 unspecified atom stereocenters. The molecule has 0 rings (SSSR count). The zero-order valence-corrected chi connectivity index (χ0v) is 13.7. The van der Waals surface area contributed by atoms with E-state index in [1.165, 1.54) is 20.8 Å². The Morgan fingerprint density at radius 2 is 1.15 bits per heavy atom. The number of carbonyl (C=O) groups excluding carboxylic acids is 3. The molecule has 0 aromatic heterocycles. The van der Waals surface area contributed by atoms with E-state index in [2.05, 4.69) is 6.92 Å². The van der Waals surface area contributed by atoms with Gasteiger partial charge in [-0.05, 0) is 6.42 Å². The fourth-order valence-corrected chi connectivity index (χ4v) is 4.25. The maximum absolute atomic E-state index is 11.2. The summed E-state index contributed by atoms with van der Waals surface area (Å²) in [5.74, 6) is -1.85. The van der Waals surface area contributed by atoms with Gasteiger partial charge in [-0.2, -0.15) is 0 Å². The Morgan fingerprint density at radius 1 is 0.750 bits per heavy atom. The SMILES string of the molecule is CCCCCCC[Si](OC(C)=O)(OC(C)=O)OC(C)=O. The number of hydrogen-bond acceptors (Lipinski definition) is 6. The highest BCUT2D eigenvalue weighted by Gasteiger charge is 2.51. The fraction of sp³-hybridized carbons (Fsp3) is 0.769. The molecule has 7 heteroatoms. The van der Waals surface area contributed by atoms with Gasteiger partial charge in [-0.3, -0.25) is 14.4 Å². The average molecular weight is 304 g/mol. The van der Waals surface area contributed by atoms with Crippen molar-refractivity contribution in [1.82, 2.24) is 0 Å². The van der Waals surface area contributed by atoms with E-state index in [9.17, 15) is 14.4 Å². The summed E-state index contributed by atoms with van der Waals surface area (Å²) in [5, 5.41) is 0. The molecule has 116 valence electrons. The Bertz CT molecular complexity index is 301. The molecule has 0 atom stereocenters. The molecule has 0 aliphatic heterocycles. The van der Waals surface area contributed by atoms with E-state index in [-0.39, 0.29) is 6.04 Å². The predicted octanol–water partition coefficient (Wildman–Crippen LogP) is 2.59. The van der Waals surface area contributed by atoms with Gasteiger partial charge in [-0.1, -0.05) is 32.6 Å². The molecule has 0 aromatic rings. The van der Waals surface area contributed by atoms with Crippen molar-refractivity contribution in [2.45, 2.75) is 65.8 Å². The molecule has 0 saturated carbocycles. The van der Waals surface area contributed by atoms with E-state index in [1.54, 1.807) is 0 Å². The lowest BCUT2D eigenvalue weighted by atomic mass is 10.2. The van der Waals surface area contributed by atoms with Gasteiger partial charge in [0.2, 0.25) is 0 Å². The van der Waals surface area contributed by atoms with Crippen molar-refractivity contribution in [1.29, 1.82) is 0 Å². The average Bonchev–Trinajstić information content (AvgIpc) is 2.25. The third kappa shape index (κ3) is 8.68. The summed E-state index contributed by atoms with van der Waals surface area (Å²) in [6, 6.07) is 0.273. The van der Waals surface area contributed by atoms with Crippen molar-refractivity contribution in [2.75, 3.05) is 0 Å². The quantitative estimate of drug-likeness (QED) is 0.481. The normalized spacial score (nSPS) is 10.8. The Labute approximate surface area is 121 Å². The van der Waals surface area contributed by atoms with Crippen LogP contribution in [0.4, 0.5) is 0 Å². The van der Waals surface area contributed by atoms with Crippen LogP contribution >= 0.6 is 0 Å². The lowest BCUT2D eigenvalue weighted by molar-refractivity contribution is -0.147. The number of unbranched alkanes of at least 4 members (excludes halogenated alkanes) is 4. The molecule has 0 aliphatic rings. The maximum atomic E-state index is 11.2. The molecule has 0 aliphatic carbocycles. The minimum Gasteiger partial charge on any atom is -0.455 e. The monoisotopic (exact) mass is 304 g/mol. The Kier molecular flexibility index (Phi) is 8.86. The van der Waals surface area contributed by atoms with Crippen LogP contribution in [0.2, 0.25) is 6.04 Å². The fourth-order valence-electron chi connectivity index (χ4n) is 1.82. The predicted molar refractivity (Wildman–Crippen MR) is 74.6 cm³/mol. The van der Waals surface area contributed by atoms with Crippen LogP contribution in [0.15, 0.2) is 0 Å². The van der Waals surface area contributed by atoms with Gasteiger partial charge in [0.1, 0.15) is 0 Å². The Hall–Kier alpha value is -1.37. The van der Waals surface area contributed by atoms with Crippen LogP contribution < -0.4 is 0 Å². The Balaban J connectivity index is 4.72. The van der Waals surface area contributed by atoms with E-state index in [0.29, 0.717) is 6.42 Å². The summed E-state index contributed by atoms with van der Waals surface area (Å²) in [6.45, 7) is 5.71. The van der Waals surface area contributed by atoms with Crippen molar-refractivity contribution in [3.63, 3.8) is 0 Å². The third-order valence-electron chi connectivity index (χ3n) is 2.48. The maximum Gasteiger partial charge on any atom is 0.705 e. The summed E-state index contributed by atoms with van der Waals surface area (Å²) < 4.78 is 15.2. The molecule has 0 bridgehead atoms. The number of rotatable bonds is 9. The van der Waals surface area contributed by atoms with Gasteiger partial charge in [0, 0.05) is 20.8 Å². The summed E-state index contributed by atoms with van der Waals surface area (Å²) in [4.78, 5) is 33.6. The van der Waals surface area contributed by atoms with Crippen LogP contribution in [-0.2, 0) is 27.7 Å². The highest BCUT2D eigenvalue weighted by atomic mass is 28.4. The highest BCUT2D eigenvalue weighted by molar-refractivity contribution is 6.65. The number of hydrogen-bond donors (Lipinski definition) is 0. The third-order valence-corrected chi connectivity index (χ3v) is 5.25. The van der Waals surface area contributed by atoms with Crippen LogP contribution in [0, 0.1) is 0 Å². The molecule has 6 nitrogen and oxygen atoms in total. The van der Waals surface area contributed by atoms with Crippen LogP contribution in [0.5, 0.6) is 0 Å². The first-order valence-electron chi connectivity index (χ1n) is 6.90. The van der Waals surface area contributed by atoms with Crippen molar-refractivity contribution in [3.05, 3.63) is 0 Å². The molecule has 0 amide bonds. The van der Waals surface area contributed by atoms with E-state index >= 15 is 0 Å². The van der Waals surface area contributed by atoms with Crippen molar-refractivity contribution in [3.8, 4) is 0 Å². The molecule has 0 radical (unpaired) electrons. The van der Waals surface area contributed by atoms with Gasteiger partial charge in [0.05, 0.1) is 6.04 Å². The van der Waals surface area contributed by atoms with E-state index in [4.69, 9.17) is 13.3 Å². The highest BCUT2D eigenvalue weighted by Crippen LogP contribution is 2.21. The summed E-state index contributed by atoms with van der Waals surface area (Å²) >= 11 is 0. The molecule has 0 N–H and O–H groups in total. The van der Waals surface area contributed by atoms with Crippen LogP contribution in [0.3, 0.4) is 0 Å². The van der Waals surface area contributed by atoms with Crippen molar-refractivity contribution >= 4 is 26.7 Å². The van der Waals surface area contributed by atoms with Crippen molar-refractivity contribution in [2.24, 2.45) is 0 Å². The summed E-state index contributed by atoms with van der Waals surface area (Å²) in [5.41, 5.74) is 0. The lowest BCUT2D eigenvalue weighted by Crippen LogP contribution is -2.49. The topological polar surface area (TPSA) is 78.9 Å². The molecular formula is C13H24O6Si.